The molecule has 5 aromatic rings. The Balaban J connectivity index is 1.88. The lowest BCUT2D eigenvalue weighted by atomic mass is 9.87. The van der Waals surface area contributed by atoms with Crippen molar-refractivity contribution in [2.45, 2.75) is 41.0 Å². The quantitative estimate of drug-likeness (QED) is 0.200. The molecule has 2 nitrogen and oxygen atoms in total. The molecule has 4 aromatic carbocycles. The molecule has 1 aromatic heterocycles. The van der Waals surface area contributed by atoms with E-state index in [1.165, 1.54) is 66.0 Å². The number of pyridine rings is 1. The van der Waals surface area contributed by atoms with Gasteiger partial charge in [-0.2, -0.15) is 4.57 Å². The predicted molar refractivity (Wildman–Crippen MR) is 138 cm³/mol. The smallest absolute Gasteiger partial charge is 0.257 e. The van der Waals surface area contributed by atoms with Gasteiger partial charge in [-0.15, -0.1) is 0 Å². The molecule has 33 heavy (non-hydrogen) atoms. The summed E-state index contributed by atoms with van der Waals surface area (Å²) >= 11 is 0. The number of rotatable bonds is 2. The molecule has 0 fully saturated rings. The third-order valence-corrected chi connectivity index (χ3v) is 7.31. The molecule has 2 heteroatoms. The number of hydrogen-bond acceptors (Lipinski definition) is 1. The molecule has 2 heterocycles. The Morgan fingerprint density at radius 1 is 0.879 bits per heavy atom. The Labute approximate surface area is 195 Å². The molecular formula is C31H30NO+. The molecule has 0 saturated heterocycles. The Bertz CT molecular complexity index is 1620. The number of aryl methyl sites for hydroxylation is 3. The van der Waals surface area contributed by atoms with Crippen LogP contribution in [0, 0.1) is 26.7 Å². The van der Waals surface area contributed by atoms with Crippen LogP contribution in [0.15, 0.2) is 54.6 Å². The van der Waals surface area contributed by atoms with Gasteiger partial charge >= 0.3 is 0 Å². The molecule has 0 amide bonds. The van der Waals surface area contributed by atoms with Crippen LogP contribution in [0.2, 0.25) is 0 Å². The molecule has 1 aliphatic rings. The summed E-state index contributed by atoms with van der Waals surface area (Å²) in [6, 6.07) is 20.1. The molecule has 0 atom stereocenters. The number of hydrogen-bond donors (Lipinski definition) is 0. The van der Waals surface area contributed by atoms with E-state index in [2.05, 4.69) is 101 Å². The van der Waals surface area contributed by atoms with Crippen molar-refractivity contribution < 1.29 is 9.30 Å². The van der Waals surface area contributed by atoms with Crippen molar-refractivity contribution >= 4 is 32.4 Å². The highest BCUT2D eigenvalue weighted by molar-refractivity contribution is 6.09. The van der Waals surface area contributed by atoms with E-state index in [0.29, 0.717) is 5.92 Å². The fourth-order valence-corrected chi connectivity index (χ4v) is 5.77. The molecule has 0 radical (unpaired) electrons. The lowest BCUT2D eigenvalue weighted by Crippen LogP contribution is -2.35. The maximum atomic E-state index is 6.84. The first kappa shape index (κ1) is 20.2. The summed E-state index contributed by atoms with van der Waals surface area (Å²) in [7, 11) is 2.21. The van der Waals surface area contributed by atoms with Crippen LogP contribution in [0.1, 0.15) is 36.1 Å². The third kappa shape index (κ3) is 2.83. The lowest BCUT2D eigenvalue weighted by molar-refractivity contribution is -0.633. The molecule has 1 aliphatic heterocycles. The minimum absolute atomic E-state index is 0.526. The first-order valence-corrected chi connectivity index (χ1v) is 11.9. The molecule has 0 aliphatic carbocycles. The molecule has 164 valence electrons. The number of aromatic nitrogens is 1. The second-order valence-electron chi connectivity index (χ2n) is 10.2. The van der Waals surface area contributed by atoms with Gasteiger partial charge in [-0.3, -0.25) is 0 Å². The van der Waals surface area contributed by atoms with Gasteiger partial charge in [0.1, 0.15) is 12.8 Å². The van der Waals surface area contributed by atoms with Gasteiger partial charge in [0, 0.05) is 10.9 Å². The van der Waals surface area contributed by atoms with Gasteiger partial charge < -0.3 is 4.74 Å². The Hall–Kier alpha value is -3.39. The fourth-order valence-electron chi connectivity index (χ4n) is 5.77. The minimum Gasteiger partial charge on any atom is -0.449 e. The fraction of sp³-hybridized carbons (Fsp3) is 0.258. The van der Waals surface area contributed by atoms with Crippen molar-refractivity contribution in [1.29, 1.82) is 0 Å². The van der Waals surface area contributed by atoms with Crippen molar-refractivity contribution in [2.24, 2.45) is 13.0 Å². The van der Waals surface area contributed by atoms with Crippen LogP contribution in [0.3, 0.4) is 0 Å². The van der Waals surface area contributed by atoms with Gasteiger partial charge in [0.05, 0.1) is 16.3 Å². The SMILES string of the molecule is Cc1cc2c3c(c(C)c(C)cc3c1)-c1c(c(CC(C)C)c3ccc4ccccc4c3[n+]1C)O2. The summed E-state index contributed by atoms with van der Waals surface area (Å²) in [6.45, 7) is 11.2. The molecule has 0 spiro atoms. The zero-order chi connectivity index (χ0) is 23.0. The number of fused-ring (bicyclic) bond motifs is 5. The van der Waals surface area contributed by atoms with Gasteiger partial charge in [0.15, 0.2) is 0 Å². The maximum absolute atomic E-state index is 6.84. The molecule has 0 saturated carbocycles. The van der Waals surface area contributed by atoms with E-state index in [9.17, 15) is 0 Å². The molecule has 0 N–H and O–H groups in total. The van der Waals surface area contributed by atoms with Crippen LogP contribution < -0.4 is 9.30 Å². The Morgan fingerprint density at radius 2 is 1.67 bits per heavy atom. The van der Waals surface area contributed by atoms with E-state index in [1.54, 1.807) is 0 Å². The number of benzene rings is 4. The summed E-state index contributed by atoms with van der Waals surface area (Å²) < 4.78 is 9.23. The standard InChI is InChI=1S/C31H30NO/c1-17(2)13-25-24-12-11-21-9-7-8-10-23(21)29(24)32(6)30-27-20(5)19(4)16-22-14-18(3)15-26(28(22)27)33-31(25)30/h7-12,14-17H,13H2,1-6H3/q+1. The zero-order valence-electron chi connectivity index (χ0n) is 20.3. The van der Waals surface area contributed by atoms with Crippen molar-refractivity contribution in [3.8, 4) is 22.8 Å². The van der Waals surface area contributed by atoms with Crippen LogP contribution >= 0.6 is 0 Å². The minimum atomic E-state index is 0.526. The van der Waals surface area contributed by atoms with E-state index < -0.39 is 0 Å². The second kappa shape index (κ2) is 7.05. The molecular weight excluding hydrogens is 402 g/mol. The average molecular weight is 433 g/mol. The van der Waals surface area contributed by atoms with E-state index in [4.69, 9.17) is 4.74 Å². The van der Waals surface area contributed by atoms with Gasteiger partial charge in [0.2, 0.25) is 11.3 Å². The van der Waals surface area contributed by atoms with Crippen LogP contribution in [0.25, 0.3) is 43.7 Å². The van der Waals surface area contributed by atoms with Crippen LogP contribution in [-0.2, 0) is 13.5 Å². The van der Waals surface area contributed by atoms with Crippen molar-refractivity contribution in [3.05, 3.63) is 76.9 Å². The predicted octanol–water partition coefficient (Wildman–Crippen LogP) is 7.87. The summed E-state index contributed by atoms with van der Waals surface area (Å²) in [4.78, 5) is 0. The van der Waals surface area contributed by atoms with E-state index in [1.807, 2.05) is 0 Å². The van der Waals surface area contributed by atoms with Crippen molar-refractivity contribution in [1.82, 2.24) is 0 Å². The van der Waals surface area contributed by atoms with Crippen molar-refractivity contribution in [3.63, 3.8) is 0 Å². The summed E-state index contributed by atoms with van der Waals surface area (Å²) in [5.41, 5.74) is 9.03. The summed E-state index contributed by atoms with van der Waals surface area (Å²) in [6.07, 6.45) is 0.979. The average Bonchev–Trinajstić information content (AvgIpc) is 2.78. The Kier molecular flexibility index (Phi) is 4.32. The summed E-state index contributed by atoms with van der Waals surface area (Å²) in [5.74, 6) is 2.54. The van der Waals surface area contributed by atoms with E-state index >= 15 is 0 Å². The highest BCUT2D eigenvalue weighted by Gasteiger charge is 2.35. The first-order chi connectivity index (χ1) is 15.8. The highest BCUT2D eigenvalue weighted by atomic mass is 16.5. The number of ether oxygens (including phenoxy) is 1. The third-order valence-electron chi connectivity index (χ3n) is 7.31. The molecule has 0 unspecified atom stereocenters. The maximum Gasteiger partial charge on any atom is 0.257 e. The van der Waals surface area contributed by atoms with E-state index in [0.717, 1.165) is 17.9 Å². The molecule has 0 bridgehead atoms. The van der Waals surface area contributed by atoms with Gasteiger partial charge in [-0.05, 0) is 78.8 Å². The highest BCUT2D eigenvalue weighted by Crippen LogP contribution is 2.50. The van der Waals surface area contributed by atoms with Crippen LogP contribution in [0.5, 0.6) is 11.5 Å². The topological polar surface area (TPSA) is 13.1 Å². The molecule has 6 rings (SSSR count). The Morgan fingerprint density at radius 3 is 2.45 bits per heavy atom. The zero-order valence-corrected chi connectivity index (χ0v) is 20.3. The first-order valence-electron chi connectivity index (χ1n) is 11.9. The van der Waals surface area contributed by atoms with E-state index in [-0.39, 0.29) is 0 Å². The van der Waals surface area contributed by atoms with Crippen LogP contribution in [-0.4, -0.2) is 0 Å². The largest absolute Gasteiger partial charge is 0.449 e. The van der Waals surface area contributed by atoms with Gasteiger partial charge in [0.25, 0.3) is 5.69 Å². The normalized spacial score (nSPS) is 12.6. The van der Waals surface area contributed by atoms with Crippen molar-refractivity contribution in [2.75, 3.05) is 0 Å². The lowest BCUT2D eigenvalue weighted by Gasteiger charge is -2.26. The number of nitrogens with zero attached hydrogens (tertiary/aromatic N) is 1. The second-order valence-corrected chi connectivity index (χ2v) is 10.2. The van der Waals surface area contributed by atoms with Crippen LogP contribution in [0.4, 0.5) is 0 Å². The monoisotopic (exact) mass is 432 g/mol. The van der Waals surface area contributed by atoms with Gasteiger partial charge in [-0.25, -0.2) is 0 Å². The summed E-state index contributed by atoms with van der Waals surface area (Å²) in [5, 5.41) is 6.36. The van der Waals surface area contributed by atoms with Gasteiger partial charge in [-0.1, -0.05) is 50.2 Å².